The maximum absolute atomic E-state index is 13.1. The Morgan fingerprint density at radius 3 is 2.00 bits per heavy atom. The van der Waals surface area contributed by atoms with E-state index in [1.165, 1.54) is 0 Å². The number of carbonyl (C=O) groups is 2. The maximum atomic E-state index is 13.1. The van der Waals surface area contributed by atoms with Crippen molar-refractivity contribution in [1.82, 2.24) is 10.3 Å². The number of halogens is 1. The number of hydrogen-bond donors (Lipinski definition) is 2. The van der Waals surface area contributed by atoms with E-state index in [9.17, 15) is 14.7 Å². The maximum Gasteiger partial charge on any atom is 0.326 e. The topological polar surface area (TPSA) is 79.3 Å². The van der Waals surface area contributed by atoms with Gasteiger partial charge in [-0.15, -0.1) is 0 Å². The summed E-state index contributed by atoms with van der Waals surface area (Å²) < 4.78 is 0.568. The average Bonchev–Trinajstić information content (AvgIpc) is 2.71. The largest absolute Gasteiger partial charge is 0.480 e. The molecule has 2 aromatic carbocycles. The molecule has 1 heterocycles. The lowest BCUT2D eigenvalue weighted by atomic mass is 9.90. The van der Waals surface area contributed by atoms with E-state index in [1.54, 1.807) is 18.3 Å². The van der Waals surface area contributed by atoms with E-state index in [4.69, 9.17) is 0 Å². The number of rotatable bonds is 7. The van der Waals surface area contributed by atoms with Crippen molar-refractivity contribution in [1.29, 1.82) is 0 Å². The Hall–Kier alpha value is -2.99. The first kappa shape index (κ1) is 19.8. The summed E-state index contributed by atoms with van der Waals surface area (Å²) in [5.41, 5.74) is 2.32. The van der Waals surface area contributed by atoms with Crippen LogP contribution in [-0.4, -0.2) is 28.0 Å². The molecule has 2 N–H and O–H groups in total. The third kappa shape index (κ3) is 4.84. The molecule has 28 heavy (non-hydrogen) atoms. The summed E-state index contributed by atoms with van der Waals surface area (Å²) in [6.45, 7) is 0. The Morgan fingerprint density at radius 1 is 0.929 bits per heavy atom. The summed E-state index contributed by atoms with van der Waals surface area (Å²) in [5, 5.41) is 12.3. The molecule has 142 valence electrons. The molecule has 6 heteroatoms. The summed E-state index contributed by atoms with van der Waals surface area (Å²) in [7, 11) is 0. The van der Waals surface area contributed by atoms with Gasteiger partial charge in [0.25, 0.3) is 0 Å². The van der Waals surface area contributed by atoms with Gasteiger partial charge in [-0.05, 0) is 38.7 Å². The lowest BCUT2D eigenvalue weighted by molar-refractivity contribution is -0.141. The normalized spacial score (nSPS) is 11.8. The fourth-order valence-electron chi connectivity index (χ4n) is 3.03. The van der Waals surface area contributed by atoms with E-state index in [0.29, 0.717) is 10.2 Å². The van der Waals surface area contributed by atoms with Crippen LogP contribution >= 0.6 is 15.9 Å². The van der Waals surface area contributed by atoms with Crippen LogP contribution in [0.3, 0.4) is 0 Å². The van der Waals surface area contributed by atoms with Crippen LogP contribution < -0.4 is 5.32 Å². The Bertz CT molecular complexity index is 909. The molecule has 0 saturated heterocycles. The van der Waals surface area contributed by atoms with E-state index in [-0.39, 0.29) is 12.3 Å². The Kier molecular flexibility index (Phi) is 6.55. The van der Waals surface area contributed by atoms with Crippen molar-refractivity contribution in [3.63, 3.8) is 0 Å². The van der Waals surface area contributed by atoms with Crippen LogP contribution in [-0.2, 0) is 16.0 Å². The smallest absolute Gasteiger partial charge is 0.326 e. The molecule has 1 aromatic heterocycles. The van der Waals surface area contributed by atoms with Crippen LogP contribution in [0.25, 0.3) is 0 Å². The molecule has 0 fully saturated rings. The first-order chi connectivity index (χ1) is 13.6. The monoisotopic (exact) mass is 438 g/mol. The summed E-state index contributed by atoms with van der Waals surface area (Å²) in [6.07, 6.45) is 1.74. The van der Waals surface area contributed by atoms with Crippen molar-refractivity contribution < 1.29 is 14.7 Å². The first-order valence-electron chi connectivity index (χ1n) is 8.78. The second-order valence-electron chi connectivity index (χ2n) is 6.31. The van der Waals surface area contributed by atoms with E-state index < -0.39 is 17.9 Å². The van der Waals surface area contributed by atoms with Crippen LogP contribution in [0.15, 0.2) is 83.6 Å². The zero-order chi connectivity index (χ0) is 19.9. The van der Waals surface area contributed by atoms with Gasteiger partial charge >= 0.3 is 5.97 Å². The highest BCUT2D eigenvalue weighted by Crippen LogP contribution is 2.25. The number of benzene rings is 2. The molecular weight excluding hydrogens is 420 g/mol. The fourth-order valence-corrected chi connectivity index (χ4v) is 3.45. The predicted octanol–water partition coefficient (Wildman–Crippen LogP) is 3.79. The predicted molar refractivity (Wildman–Crippen MR) is 110 cm³/mol. The quantitative estimate of drug-likeness (QED) is 0.550. The highest BCUT2D eigenvalue weighted by molar-refractivity contribution is 9.10. The number of nitrogens with one attached hydrogen (secondary N) is 1. The van der Waals surface area contributed by atoms with Crippen molar-refractivity contribution >= 4 is 27.8 Å². The van der Waals surface area contributed by atoms with Crippen molar-refractivity contribution in [3.05, 3.63) is 100 Å². The molecule has 0 aliphatic carbocycles. The number of pyridine rings is 1. The minimum absolute atomic E-state index is 0.131. The molecule has 1 atom stereocenters. The van der Waals surface area contributed by atoms with Gasteiger partial charge < -0.3 is 10.4 Å². The Balaban J connectivity index is 1.87. The summed E-state index contributed by atoms with van der Waals surface area (Å²) in [5.74, 6) is -2.05. The Morgan fingerprint density at radius 2 is 1.50 bits per heavy atom. The number of carboxylic acid groups (broad SMARTS) is 1. The van der Waals surface area contributed by atoms with Crippen LogP contribution in [0.5, 0.6) is 0 Å². The van der Waals surface area contributed by atoms with E-state index in [1.807, 2.05) is 60.7 Å². The molecule has 3 aromatic rings. The van der Waals surface area contributed by atoms with Gasteiger partial charge in [0.05, 0.1) is 5.92 Å². The number of carbonyl (C=O) groups excluding carboxylic acids is 1. The van der Waals surface area contributed by atoms with Crippen LogP contribution in [0.1, 0.15) is 22.6 Å². The van der Waals surface area contributed by atoms with Gasteiger partial charge in [-0.2, -0.15) is 0 Å². The first-order valence-corrected chi connectivity index (χ1v) is 9.58. The number of hydrogen-bond acceptors (Lipinski definition) is 3. The van der Waals surface area contributed by atoms with Crippen molar-refractivity contribution in [2.45, 2.75) is 18.4 Å². The van der Waals surface area contributed by atoms with Crippen LogP contribution in [0.2, 0.25) is 0 Å². The molecule has 0 spiro atoms. The second-order valence-corrected chi connectivity index (χ2v) is 7.06. The summed E-state index contributed by atoms with van der Waals surface area (Å²) >= 11 is 3.33. The van der Waals surface area contributed by atoms with E-state index in [2.05, 4.69) is 26.2 Å². The lowest BCUT2D eigenvalue weighted by Gasteiger charge is -2.21. The number of carboxylic acids is 1. The van der Waals surface area contributed by atoms with Crippen LogP contribution in [0, 0.1) is 0 Å². The van der Waals surface area contributed by atoms with Crippen molar-refractivity contribution in [2.75, 3.05) is 0 Å². The zero-order valence-corrected chi connectivity index (χ0v) is 16.5. The molecule has 3 rings (SSSR count). The van der Waals surface area contributed by atoms with Gasteiger partial charge in [-0.25, -0.2) is 9.78 Å². The van der Waals surface area contributed by atoms with Gasteiger partial charge in [-0.3, -0.25) is 4.79 Å². The van der Waals surface area contributed by atoms with Gasteiger partial charge in [0.15, 0.2) is 0 Å². The van der Waals surface area contributed by atoms with Gasteiger partial charge in [0, 0.05) is 12.6 Å². The van der Waals surface area contributed by atoms with Crippen molar-refractivity contribution in [3.8, 4) is 0 Å². The lowest BCUT2D eigenvalue weighted by Crippen LogP contribution is -2.44. The van der Waals surface area contributed by atoms with E-state index in [0.717, 1.165) is 11.1 Å². The van der Waals surface area contributed by atoms with Crippen LogP contribution in [0.4, 0.5) is 0 Å². The zero-order valence-electron chi connectivity index (χ0n) is 15.0. The Labute approximate surface area is 171 Å². The second kappa shape index (κ2) is 9.28. The summed E-state index contributed by atoms with van der Waals surface area (Å²) in [4.78, 5) is 29.0. The minimum Gasteiger partial charge on any atom is -0.480 e. The van der Waals surface area contributed by atoms with Crippen molar-refractivity contribution in [2.24, 2.45) is 0 Å². The highest BCUT2D eigenvalue weighted by Gasteiger charge is 2.28. The number of amides is 1. The molecule has 0 bridgehead atoms. The number of aliphatic carboxylic acids is 1. The van der Waals surface area contributed by atoms with Gasteiger partial charge in [-0.1, -0.05) is 66.7 Å². The molecule has 5 nitrogen and oxygen atoms in total. The fraction of sp³-hybridized carbons (Fsp3) is 0.136. The minimum atomic E-state index is -1.09. The molecular formula is C22H19BrN2O3. The molecule has 1 amide bonds. The van der Waals surface area contributed by atoms with Gasteiger partial charge in [0.2, 0.25) is 5.91 Å². The number of aromatic nitrogens is 1. The third-order valence-electron chi connectivity index (χ3n) is 4.40. The molecule has 0 aliphatic heterocycles. The molecule has 0 radical (unpaired) electrons. The highest BCUT2D eigenvalue weighted by atomic mass is 79.9. The van der Waals surface area contributed by atoms with Gasteiger partial charge in [0.1, 0.15) is 10.6 Å². The molecule has 0 aliphatic rings. The third-order valence-corrected chi connectivity index (χ3v) is 5.12. The number of nitrogens with zero attached hydrogens (tertiary/aromatic N) is 1. The average molecular weight is 439 g/mol. The SMILES string of the molecule is O=C(N[C@H](Cc1cccnc1Br)C(=O)O)C(c1ccccc1)c1ccccc1. The molecule has 0 unspecified atom stereocenters. The molecule has 0 saturated carbocycles. The van der Waals surface area contributed by atoms with E-state index >= 15 is 0 Å². The summed E-state index contributed by atoms with van der Waals surface area (Å²) in [6, 6.07) is 21.1. The standard InChI is InChI=1S/C22H19BrN2O3/c23-20-17(12-7-13-24-20)14-18(22(27)28)25-21(26)19(15-8-3-1-4-9-15)16-10-5-2-6-11-16/h1-13,18-19H,14H2,(H,25,26)(H,27,28)/t18-/m1/s1.